The van der Waals surface area contributed by atoms with Gasteiger partial charge in [0.15, 0.2) is 0 Å². The average Bonchev–Trinajstić information content (AvgIpc) is 2.15. The van der Waals surface area contributed by atoms with Gasteiger partial charge < -0.3 is 4.74 Å². The summed E-state index contributed by atoms with van der Waals surface area (Å²) in [7, 11) is 0. The Labute approximate surface area is 93.7 Å². The van der Waals surface area contributed by atoms with Gasteiger partial charge in [-0.3, -0.25) is 0 Å². The molecule has 0 aromatic heterocycles. The average molecular weight is 220 g/mol. The Balaban J connectivity index is 2.55. The van der Waals surface area contributed by atoms with E-state index in [1.807, 2.05) is 32.1 Å². The molecular weight excluding hydrogens is 210 g/mol. The predicted octanol–water partition coefficient (Wildman–Crippen LogP) is 3.40. The Hall–Kier alpha value is -1.46. The zero-order valence-electron chi connectivity index (χ0n) is 8.54. The molecule has 1 heterocycles. The van der Waals surface area contributed by atoms with Crippen LogP contribution < -0.4 is 4.74 Å². The molecule has 0 unspecified atom stereocenters. The molecule has 2 rings (SSSR count). The second-order valence-electron chi connectivity index (χ2n) is 4.02. The summed E-state index contributed by atoms with van der Waals surface area (Å²) >= 11 is 5.93. The van der Waals surface area contributed by atoms with Gasteiger partial charge in [-0.2, -0.15) is 5.26 Å². The molecule has 1 aliphatic heterocycles. The van der Waals surface area contributed by atoms with E-state index in [0.717, 1.165) is 11.3 Å². The number of rotatable bonds is 0. The maximum Gasteiger partial charge on any atom is 0.129 e. The van der Waals surface area contributed by atoms with Crippen molar-refractivity contribution in [3.05, 3.63) is 34.4 Å². The first kappa shape index (κ1) is 10.1. The highest BCUT2D eigenvalue weighted by Gasteiger charge is 2.22. The summed E-state index contributed by atoms with van der Waals surface area (Å²) < 4.78 is 5.72. The van der Waals surface area contributed by atoms with E-state index < -0.39 is 0 Å². The summed E-state index contributed by atoms with van der Waals surface area (Å²) in [6, 6.07) is 5.48. The normalized spacial score (nSPS) is 16.4. The van der Waals surface area contributed by atoms with Crippen LogP contribution in [0.5, 0.6) is 5.75 Å². The second-order valence-corrected chi connectivity index (χ2v) is 4.43. The van der Waals surface area contributed by atoms with Crippen LogP contribution in [0.25, 0.3) is 6.08 Å². The number of benzene rings is 1. The maximum absolute atomic E-state index is 8.82. The third-order valence-corrected chi connectivity index (χ3v) is 2.57. The van der Waals surface area contributed by atoms with Crippen LogP contribution >= 0.6 is 11.6 Å². The van der Waals surface area contributed by atoms with Crippen molar-refractivity contribution >= 4 is 17.7 Å². The molecule has 0 fully saturated rings. The standard InChI is InChI=1S/C12H10ClNO/c1-12(2)4-3-8-5-9(7-14)10(13)6-11(8)15-12/h3-6H,1-2H3. The number of hydrogen-bond donors (Lipinski definition) is 0. The zero-order chi connectivity index (χ0) is 11.1. The van der Waals surface area contributed by atoms with Crippen molar-refractivity contribution in [1.82, 2.24) is 0 Å². The fraction of sp³-hybridized carbons (Fsp3) is 0.250. The summed E-state index contributed by atoms with van der Waals surface area (Å²) in [5, 5.41) is 9.26. The number of nitriles is 1. The van der Waals surface area contributed by atoms with Gasteiger partial charge in [0.05, 0.1) is 10.6 Å². The maximum atomic E-state index is 8.82. The Morgan fingerprint density at radius 2 is 2.13 bits per heavy atom. The fourth-order valence-corrected chi connectivity index (χ4v) is 1.68. The predicted molar refractivity (Wildman–Crippen MR) is 59.9 cm³/mol. The van der Waals surface area contributed by atoms with E-state index in [-0.39, 0.29) is 5.60 Å². The Morgan fingerprint density at radius 1 is 1.40 bits per heavy atom. The summed E-state index contributed by atoms with van der Waals surface area (Å²) in [5.41, 5.74) is 1.06. The molecule has 0 aliphatic carbocycles. The number of nitrogens with zero attached hydrogens (tertiary/aromatic N) is 1. The Bertz CT molecular complexity index is 483. The second kappa shape index (κ2) is 3.29. The number of fused-ring (bicyclic) bond motifs is 1. The van der Waals surface area contributed by atoms with Crippen LogP contribution in [-0.2, 0) is 0 Å². The number of ether oxygens (including phenoxy) is 1. The molecule has 0 bridgehead atoms. The molecule has 0 radical (unpaired) electrons. The first-order valence-electron chi connectivity index (χ1n) is 4.64. The lowest BCUT2D eigenvalue weighted by atomic mass is 10.0. The quantitative estimate of drug-likeness (QED) is 0.670. The van der Waals surface area contributed by atoms with Crippen molar-refractivity contribution in [2.24, 2.45) is 0 Å². The van der Waals surface area contributed by atoms with Gasteiger partial charge in [-0.15, -0.1) is 0 Å². The molecule has 0 amide bonds. The van der Waals surface area contributed by atoms with E-state index in [4.69, 9.17) is 21.6 Å². The molecule has 2 nitrogen and oxygen atoms in total. The first-order valence-corrected chi connectivity index (χ1v) is 5.01. The van der Waals surface area contributed by atoms with E-state index in [1.165, 1.54) is 0 Å². The minimum Gasteiger partial charge on any atom is -0.483 e. The van der Waals surface area contributed by atoms with Crippen LogP contribution in [0.2, 0.25) is 5.02 Å². The molecule has 1 aromatic rings. The van der Waals surface area contributed by atoms with E-state index in [1.54, 1.807) is 12.1 Å². The molecule has 1 aromatic carbocycles. The van der Waals surface area contributed by atoms with Gasteiger partial charge in [0.25, 0.3) is 0 Å². The van der Waals surface area contributed by atoms with E-state index >= 15 is 0 Å². The van der Waals surface area contributed by atoms with Crippen molar-refractivity contribution in [2.45, 2.75) is 19.4 Å². The lowest BCUT2D eigenvalue weighted by Gasteiger charge is -2.28. The van der Waals surface area contributed by atoms with Crippen LogP contribution in [-0.4, -0.2) is 5.60 Å². The van der Waals surface area contributed by atoms with Crippen molar-refractivity contribution in [3.8, 4) is 11.8 Å². The van der Waals surface area contributed by atoms with Crippen LogP contribution in [0.1, 0.15) is 25.0 Å². The molecule has 3 heteroatoms. The van der Waals surface area contributed by atoms with Crippen LogP contribution in [0.4, 0.5) is 0 Å². The molecule has 76 valence electrons. The Morgan fingerprint density at radius 3 is 2.80 bits per heavy atom. The van der Waals surface area contributed by atoms with Crippen LogP contribution in [0, 0.1) is 11.3 Å². The third-order valence-electron chi connectivity index (χ3n) is 2.26. The SMILES string of the molecule is CC1(C)C=Cc2cc(C#N)c(Cl)cc2O1. The van der Waals surface area contributed by atoms with Gasteiger partial charge in [-0.25, -0.2) is 0 Å². The number of halogens is 1. The summed E-state index contributed by atoms with van der Waals surface area (Å²) in [6.07, 6.45) is 3.92. The summed E-state index contributed by atoms with van der Waals surface area (Å²) in [4.78, 5) is 0. The zero-order valence-corrected chi connectivity index (χ0v) is 9.30. The number of hydrogen-bond acceptors (Lipinski definition) is 2. The van der Waals surface area contributed by atoms with Crippen molar-refractivity contribution < 1.29 is 4.74 Å². The molecular formula is C12H10ClNO. The minimum absolute atomic E-state index is 0.315. The van der Waals surface area contributed by atoms with Gasteiger partial charge in [0.2, 0.25) is 0 Å². The molecule has 1 aliphatic rings. The van der Waals surface area contributed by atoms with E-state index in [0.29, 0.717) is 10.6 Å². The van der Waals surface area contributed by atoms with Crippen LogP contribution in [0.15, 0.2) is 18.2 Å². The largest absolute Gasteiger partial charge is 0.483 e. The first-order chi connectivity index (χ1) is 7.02. The smallest absolute Gasteiger partial charge is 0.129 e. The molecule has 0 spiro atoms. The van der Waals surface area contributed by atoms with Gasteiger partial charge in [-0.1, -0.05) is 17.7 Å². The molecule has 15 heavy (non-hydrogen) atoms. The van der Waals surface area contributed by atoms with E-state index in [9.17, 15) is 0 Å². The monoisotopic (exact) mass is 219 g/mol. The molecule has 0 atom stereocenters. The van der Waals surface area contributed by atoms with Gasteiger partial charge in [0, 0.05) is 11.6 Å². The lowest BCUT2D eigenvalue weighted by Crippen LogP contribution is -2.27. The van der Waals surface area contributed by atoms with Crippen molar-refractivity contribution in [2.75, 3.05) is 0 Å². The summed E-state index contributed by atoms with van der Waals surface area (Å²) in [5.74, 6) is 0.728. The molecule has 0 N–H and O–H groups in total. The van der Waals surface area contributed by atoms with Gasteiger partial charge in [-0.05, 0) is 26.0 Å². The minimum atomic E-state index is -0.315. The van der Waals surface area contributed by atoms with Gasteiger partial charge >= 0.3 is 0 Å². The third kappa shape index (κ3) is 1.84. The molecule has 0 saturated heterocycles. The van der Waals surface area contributed by atoms with Crippen molar-refractivity contribution in [1.29, 1.82) is 5.26 Å². The van der Waals surface area contributed by atoms with E-state index in [2.05, 4.69) is 0 Å². The highest BCUT2D eigenvalue weighted by Crippen LogP contribution is 2.34. The Kier molecular flexibility index (Phi) is 2.21. The topological polar surface area (TPSA) is 33.0 Å². The van der Waals surface area contributed by atoms with Gasteiger partial charge in [0.1, 0.15) is 17.4 Å². The lowest BCUT2D eigenvalue weighted by molar-refractivity contribution is 0.159. The summed E-state index contributed by atoms with van der Waals surface area (Å²) in [6.45, 7) is 3.94. The van der Waals surface area contributed by atoms with Crippen molar-refractivity contribution in [3.63, 3.8) is 0 Å². The molecule has 0 saturated carbocycles. The highest BCUT2D eigenvalue weighted by atomic mass is 35.5. The van der Waals surface area contributed by atoms with Crippen LogP contribution in [0.3, 0.4) is 0 Å². The highest BCUT2D eigenvalue weighted by molar-refractivity contribution is 6.32. The fourth-order valence-electron chi connectivity index (χ4n) is 1.48.